The molecule has 2 aromatic rings. The van der Waals surface area contributed by atoms with E-state index in [0.29, 0.717) is 22.4 Å². The SMILES string of the molecule is O=C(NC(CC(=O)N1C[C@H]2CNC[C@H]2C1)c1ccccc1)c1ccccc1Cl. The number of nitrogens with zero attached hydrogens (tertiary/aromatic N) is 1. The molecule has 1 unspecified atom stereocenters. The van der Waals surface area contributed by atoms with Crippen molar-refractivity contribution in [2.45, 2.75) is 12.5 Å². The number of amides is 2. The van der Waals surface area contributed by atoms with E-state index in [2.05, 4.69) is 10.6 Å². The highest BCUT2D eigenvalue weighted by Crippen LogP contribution is 2.28. The van der Waals surface area contributed by atoms with Crippen molar-refractivity contribution in [1.29, 1.82) is 0 Å². The molecule has 2 aliphatic heterocycles. The van der Waals surface area contributed by atoms with Crippen LogP contribution in [0.25, 0.3) is 0 Å². The van der Waals surface area contributed by atoms with Gasteiger partial charge >= 0.3 is 0 Å². The second-order valence-corrected chi connectivity index (χ2v) is 8.01. The van der Waals surface area contributed by atoms with Crippen molar-refractivity contribution in [3.63, 3.8) is 0 Å². The molecule has 2 aliphatic rings. The van der Waals surface area contributed by atoms with Crippen LogP contribution in [0.1, 0.15) is 28.4 Å². The number of hydrogen-bond acceptors (Lipinski definition) is 3. The zero-order chi connectivity index (χ0) is 19.5. The lowest BCUT2D eigenvalue weighted by Gasteiger charge is -2.23. The molecule has 0 saturated carbocycles. The van der Waals surface area contributed by atoms with E-state index in [4.69, 9.17) is 11.6 Å². The minimum Gasteiger partial charge on any atom is -0.345 e. The van der Waals surface area contributed by atoms with Gasteiger partial charge in [-0.3, -0.25) is 9.59 Å². The minimum absolute atomic E-state index is 0.0858. The predicted octanol–water partition coefficient (Wildman–Crippen LogP) is 2.88. The molecule has 2 aromatic carbocycles. The summed E-state index contributed by atoms with van der Waals surface area (Å²) in [6, 6.07) is 16.2. The lowest BCUT2D eigenvalue weighted by molar-refractivity contribution is -0.131. The van der Waals surface area contributed by atoms with Crippen LogP contribution in [0.4, 0.5) is 0 Å². The van der Waals surface area contributed by atoms with Crippen LogP contribution in [-0.2, 0) is 4.79 Å². The summed E-state index contributed by atoms with van der Waals surface area (Å²) in [6.45, 7) is 3.58. The van der Waals surface area contributed by atoms with E-state index in [9.17, 15) is 9.59 Å². The summed E-state index contributed by atoms with van der Waals surface area (Å²) in [4.78, 5) is 27.7. The van der Waals surface area contributed by atoms with Gasteiger partial charge in [0.1, 0.15) is 0 Å². The van der Waals surface area contributed by atoms with Crippen LogP contribution >= 0.6 is 11.6 Å². The maximum Gasteiger partial charge on any atom is 0.253 e. The van der Waals surface area contributed by atoms with Crippen molar-refractivity contribution in [2.75, 3.05) is 26.2 Å². The minimum atomic E-state index is -0.393. The van der Waals surface area contributed by atoms with Gasteiger partial charge in [0.2, 0.25) is 5.91 Å². The van der Waals surface area contributed by atoms with Crippen LogP contribution in [0.5, 0.6) is 0 Å². The van der Waals surface area contributed by atoms with Crippen molar-refractivity contribution in [3.8, 4) is 0 Å². The van der Waals surface area contributed by atoms with E-state index in [1.807, 2.05) is 35.2 Å². The van der Waals surface area contributed by atoms with Crippen LogP contribution in [0, 0.1) is 11.8 Å². The van der Waals surface area contributed by atoms with Gasteiger partial charge in [-0.15, -0.1) is 0 Å². The average Bonchev–Trinajstić information content (AvgIpc) is 3.30. The third-order valence-corrected chi connectivity index (χ3v) is 6.08. The van der Waals surface area contributed by atoms with E-state index >= 15 is 0 Å². The number of rotatable bonds is 5. The van der Waals surface area contributed by atoms with Gasteiger partial charge in [-0.25, -0.2) is 0 Å². The summed E-state index contributed by atoms with van der Waals surface area (Å²) >= 11 is 6.17. The Morgan fingerprint density at radius 3 is 2.36 bits per heavy atom. The first kappa shape index (κ1) is 19.0. The van der Waals surface area contributed by atoms with Gasteiger partial charge < -0.3 is 15.5 Å². The van der Waals surface area contributed by atoms with Crippen molar-refractivity contribution < 1.29 is 9.59 Å². The largest absolute Gasteiger partial charge is 0.345 e. The van der Waals surface area contributed by atoms with Gasteiger partial charge in [0.15, 0.2) is 0 Å². The van der Waals surface area contributed by atoms with Crippen molar-refractivity contribution >= 4 is 23.4 Å². The summed E-state index contributed by atoms with van der Waals surface area (Å²) < 4.78 is 0. The second kappa shape index (κ2) is 8.33. The highest BCUT2D eigenvalue weighted by molar-refractivity contribution is 6.33. The molecule has 2 fully saturated rings. The van der Waals surface area contributed by atoms with Crippen LogP contribution in [0.15, 0.2) is 54.6 Å². The summed E-state index contributed by atoms with van der Waals surface area (Å²) in [5.41, 5.74) is 1.33. The van der Waals surface area contributed by atoms with Gasteiger partial charge in [-0.2, -0.15) is 0 Å². The Labute approximate surface area is 170 Å². The molecule has 146 valence electrons. The lowest BCUT2D eigenvalue weighted by atomic mass is 10.0. The monoisotopic (exact) mass is 397 g/mol. The van der Waals surface area contributed by atoms with Gasteiger partial charge in [-0.05, 0) is 29.5 Å². The molecular formula is C22H24ClN3O2. The fraction of sp³-hybridized carbons (Fsp3) is 0.364. The summed E-state index contributed by atoms with van der Waals surface area (Å²) in [7, 11) is 0. The number of benzene rings is 2. The maximum atomic E-state index is 13.0. The van der Waals surface area contributed by atoms with Crippen LogP contribution in [0.3, 0.4) is 0 Å². The van der Waals surface area contributed by atoms with E-state index < -0.39 is 6.04 Å². The Hall–Kier alpha value is -2.37. The Bertz CT molecular complexity index is 846. The molecule has 4 rings (SSSR count). The Balaban J connectivity index is 1.49. The number of fused-ring (bicyclic) bond motifs is 1. The molecule has 0 radical (unpaired) electrons. The Morgan fingerprint density at radius 1 is 1.04 bits per heavy atom. The molecule has 2 saturated heterocycles. The Kier molecular flexibility index (Phi) is 5.64. The molecule has 6 heteroatoms. The number of carbonyl (C=O) groups excluding carboxylic acids is 2. The number of halogens is 1. The number of likely N-dealkylation sites (tertiary alicyclic amines) is 1. The van der Waals surface area contributed by atoms with Gasteiger partial charge in [-0.1, -0.05) is 54.1 Å². The second-order valence-electron chi connectivity index (χ2n) is 7.60. The molecule has 2 heterocycles. The summed E-state index contributed by atoms with van der Waals surface area (Å²) in [5, 5.41) is 6.81. The van der Waals surface area contributed by atoms with E-state index in [1.165, 1.54) is 0 Å². The maximum absolute atomic E-state index is 13.0. The third kappa shape index (κ3) is 4.05. The molecule has 2 amide bonds. The molecular weight excluding hydrogens is 374 g/mol. The standard InChI is InChI=1S/C22H24ClN3O2/c23-19-9-5-4-8-18(19)22(28)25-20(15-6-2-1-3-7-15)10-21(27)26-13-16-11-24-12-17(16)14-26/h1-9,16-17,20,24H,10-14H2,(H,25,28)/t16-,17+,20?. The predicted molar refractivity (Wildman–Crippen MR) is 109 cm³/mol. The number of hydrogen-bond donors (Lipinski definition) is 2. The molecule has 28 heavy (non-hydrogen) atoms. The zero-order valence-electron chi connectivity index (χ0n) is 15.6. The molecule has 0 aromatic heterocycles. The van der Waals surface area contributed by atoms with Crippen molar-refractivity contribution in [2.24, 2.45) is 11.8 Å². The zero-order valence-corrected chi connectivity index (χ0v) is 16.4. The first-order chi connectivity index (χ1) is 13.6. The molecule has 0 aliphatic carbocycles. The fourth-order valence-electron chi connectivity index (χ4n) is 4.18. The van der Waals surface area contributed by atoms with E-state index in [0.717, 1.165) is 31.7 Å². The van der Waals surface area contributed by atoms with Gasteiger partial charge in [0.25, 0.3) is 5.91 Å². The average molecular weight is 398 g/mol. The van der Waals surface area contributed by atoms with Gasteiger partial charge in [0, 0.05) is 26.2 Å². The first-order valence-corrected chi connectivity index (χ1v) is 10.1. The topological polar surface area (TPSA) is 61.4 Å². The lowest BCUT2D eigenvalue weighted by Crippen LogP contribution is -2.36. The highest BCUT2D eigenvalue weighted by Gasteiger charge is 2.38. The van der Waals surface area contributed by atoms with Crippen LogP contribution in [-0.4, -0.2) is 42.9 Å². The normalized spacial score (nSPS) is 22.0. The molecule has 3 atom stereocenters. The van der Waals surface area contributed by atoms with Gasteiger partial charge in [0.05, 0.1) is 23.0 Å². The number of nitrogens with one attached hydrogen (secondary N) is 2. The third-order valence-electron chi connectivity index (χ3n) is 5.75. The van der Waals surface area contributed by atoms with E-state index in [-0.39, 0.29) is 18.2 Å². The molecule has 0 bridgehead atoms. The smallest absolute Gasteiger partial charge is 0.253 e. The van der Waals surface area contributed by atoms with Crippen LogP contribution < -0.4 is 10.6 Å². The highest BCUT2D eigenvalue weighted by atomic mass is 35.5. The Morgan fingerprint density at radius 2 is 1.68 bits per heavy atom. The quantitative estimate of drug-likeness (QED) is 0.815. The first-order valence-electron chi connectivity index (χ1n) is 9.70. The van der Waals surface area contributed by atoms with Crippen LogP contribution in [0.2, 0.25) is 5.02 Å². The number of carbonyl (C=O) groups is 2. The summed E-state index contributed by atoms with van der Waals surface area (Å²) in [6.07, 6.45) is 0.243. The van der Waals surface area contributed by atoms with E-state index in [1.54, 1.807) is 24.3 Å². The molecule has 2 N–H and O–H groups in total. The van der Waals surface area contributed by atoms with Crippen molar-refractivity contribution in [1.82, 2.24) is 15.5 Å². The fourth-order valence-corrected chi connectivity index (χ4v) is 4.40. The van der Waals surface area contributed by atoms with Crippen molar-refractivity contribution in [3.05, 3.63) is 70.7 Å². The summed E-state index contributed by atoms with van der Waals surface area (Å²) in [5.74, 6) is 0.922. The molecule has 0 spiro atoms. The molecule has 5 nitrogen and oxygen atoms in total.